The number of carbonyl (C=O) groups excluding carboxylic acids is 2. The van der Waals surface area contributed by atoms with Gasteiger partial charge in [-0.25, -0.2) is 9.59 Å². The number of amides is 2. The van der Waals surface area contributed by atoms with Crippen LogP contribution in [0.1, 0.15) is 27.2 Å². The molecule has 0 aliphatic heterocycles. The summed E-state index contributed by atoms with van der Waals surface area (Å²) in [5, 5.41) is 21.3. The van der Waals surface area contributed by atoms with E-state index in [1.54, 1.807) is 20.8 Å². The van der Waals surface area contributed by atoms with E-state index in [1.807, 2.05) is 5.32 Å². The molecular formula is C11H18N2O7. The monoisotopic (exact) mass is 290 g/mol. The highest BCUT2D eigenvalue weighted by Gasteiger charge is 2.23. The van der Waals surface area contributed by atoms with Crippen molar-refractivity contribution in [1.29, 1.82) is 0 Å². The number of ether oxygens (including phenoxy) is 1. The maximum Gasteiger partial charge on any atom is 0.408 e. The third-order valence-electron chi connectivity index (χ3n) is 1.80. The highest BCUT2D eigenvalue weighted by molar-refractivity contribution is 5.88. The molecule has 4 N–H and O–H groups in total. The van der Waals surface area contributed by atoms with E-state index in [0.717, 1.165) is 0 Å². The SMILES string of the molecule is CC(C)(C)OC(=O)NCC(=O)N[C@@H](CC(=O)O)C(=O)O. The van der Waals surface area contributed by atoms with Gasteiger partial charge >= 0.3 is 18.0 Å². The zero-order valence-corrected chi connectivity index (χ0v) is 11.4. The van der Waals surface area contributed by atoms with Crippen molar-refractivity contribution in [3.8, 4) is 0 Å². The minimum Gasteiger partial charge on any atom is -0.481 e. The van der Waals surface area contributed by atoms with E-state index in [2.05, 4.69) is 5.32 Å². The molecule has 0 radical (unpaired) electrons. The summed E-state index contributed by atoms with van der Waals surface area (Å²) in [6, 6.07) is -1.56. The summed E-state index contributed by atoms with van der Waals surface area (Å²) >= 11 is 0. The molecule has 0 fully saturated rings. The van der Waals surface area contributed by atoms with E-state index in [0.29, 0.717) is 0 Å². The fourth-order valence-corrected chi connectivity index (χ4v) is 1.09. The first-order valence-corrected chi connectivity index (χ1v) is 5.72. The Morgan fingerprint density at radius 3 is 2.10 bits per heavy atom. The molecule has 9 nitrogen and oxygen atoms in total. The van der Waals surface area contributed by atoms with Crippen LogP contribution >= 0.6 is 0 Å². The minimum atomic E-state index is -1.56. The second kappa shape index (κ2) is 7.31. The van der Waals surface area contributed by atoms with Gasteiger partial charge in [0.1, 0.15) is 18.2 Å². The van der Waals surface area contributed by atoms with Gasteiger partial charge in [0.2, 0.25) is 5.91 Å². The molecule has 0 aliphatic carbocycles. The molecule has 0 saturated heterocycles. The van der Waals surface area contributed by atoms with Crippen LogP contribution in [-0.4, -0.2) is 52.3 Å². The van der Waals surface area contributed by atoms with Gasteiger partial charge < -0.3 is 25.6 Å². The van der Waals surface area contributed by atoms with Crippen molar-refractivity contribution in [2.75, 3.05) is 6.54 Å². The first-order chi connectivity index (χ1) is 9.01. The Kier molecular flexibility index (Phi) is 6.47. The first-order valence-electron chi connectivity index (χ1n) is 5.72. The minimum absolute atomic E-state index is 0.516. The van der Waals surface area contributed by atoms with Crippen molar-refractivity contribution in [3.63, 3.8) is 0 Å². The molecule has 9 heteroatoms. The normalized spacial score (nSPS) is 12.2. The van der Waals surface area contributed by atoms with Crippen LogP contribution in [0.5, 0.6) is 0 Å². The number of nitrogens with one attached hydrogen (secondary N) is 2. The molecule has 2 amide bonds. The van der Waals surface area contributed by atoms with Crippen molar-refractivity contribution in [2.45, 2.75) is 38.8 Å². The lowest BCUT2D eigenvalue weighted by Crippen LogP contribution is -2.47. The summed E-state index contributed by atoms with van der Waals surface area (Å²) in [5.41, 5.74) is -0.729. The van der Waals surface area contributed by atoms with Crippen molar-refractivity contribution in [1.82, 2.24) is 10.6 Å². The molecular weight excluding hydrogens is 272 g/mol. The van der Waals surface area contributed by atoms with Crippen LogP contribution in [0.25, 0.3) is 0 Å². The average Bonchev–Trinajstić information content (AvgIpc) is 2.22. The molecule has 0 spiro atoms. The highest BCUT2D eigenvalue weighted by atomic mass is 16.6. The Morgan fingerprint density at radius 1 is 1.15 bits per heavy atom. The van der Waals surface area contributed by atoms with Gasteiger partial charge in [-0.2, -0.15) is 0 Å². The van der Waals surface area contributed by atoms with Crippen molar-refractivity contribution < 1.29 is 34.1 Å². The van der Waals surface area contributed by atoms with Crippen LogP contribution in [0.2, 0.25) is 0 Å². The van der Waals surface area contributed by atoms with Gasteiger partial charge in [-0.3, -0.25) is 9.59 Å². The van der Waals surface area contributed by atoms with Crippen molar-refractivity contribution in [2.24, 2.45) is 0 Å². The first kappa shape index (κ1) is 17.7. The predicted molar refractivity (Wildman–Crippen MR) is 66.1 cm³/mol. The Balaban J connectivity index is 4.24. The number of carbonyl (C=O) groups is 4. The molecule has 0 heterocycles. The Morgan fingerprint density at radius 2 is 1.70 bits per heavy atom. The largest absolute Gasteiger partial charge is 0.481 e. The summed E-state index contributed by atoms with van der Waals surface area (Å²) in [4.78, 5) is 43.7. The molecule has 0 unspecified atom stereocenters. The standard InChI is InChI=1S/C11H18N2O7/c1-11(2,3)20-10(19)12-5-7(14)13-6(9(17)18)4-8(15)16/h6H,4-5H2,1-3H3,(H,12,19)(H,13,14)(H,15,16)(H,17,18)/t6-/m0/s1. The fraction of sp³-hybridized carbons (Fsp3) is 0.636. The Hall–Kier alpha value is -2.32. The van der Waals surface area contributed by atoms with Gasteiger partial charge in [-0.1, -0.05) is 0 Å². The lowest BCUT2D eigenvalue weighted by Gasteiger charge is -2.19. The molecule has 114 valence electrons. The molecule has 0 aromatic carbocycles. The van der Waals surface area contributed by atoms with E-state index < -0.39 is 48.5 Å². The molecule has 0 aromatic rings. The van der Waals surface area contributed by atoms with Gasteiger partial charge in [0.25, 0.3) is 0 Å². The second-order valence-corrected chi connectivity index (χ2v) is 4.91. The smallest absolute Gasteiger partial charge is 0.408 e. The van der Waals surface area contributed by atoms with Crippen molar-refractivity contribution in [3.05, 3.63) is 0 Å². The zero-order valence-electron chi connectivity index (χ0n) is 11.4. The van der Waals surface area contributed by atoms with Crippen LogP contribution in [0.4, 0.5) is 4.79 Å². The van der Waals surface area contributed by atoms with E-state index in [1.165, 1.54) is 0 Å². The summed E-state index contributed by atoms with van der Waals surface area (Å²) in [5.74, 6) is -3.67. The zero-order chi connectivity index (χ0) is 15.9. The topological polar surface area (TPSA) is 142 Å². The van der Waals surface area contributed by atoms with Crippen LogP contribution in [0.3, 0.4) is 0 Å². The molecule has 0 aliphatic rings. The average molecular weight is 290 g/mol. The van der Waals surface area contributed by atoms with E-state index in [4.69, 9.17) is 14.9 Å². The lowest BCUT2D eigenvalue weighted by atomic mass is 10.2. The fourth-order valence-electron chi connectivity index (χ4n) is 1.09. The van der Waals surface area contributed by atoms with Crippen LogP contribution in [0.15, 0.2) is 0 Å². The molecule has 0 saturated carbocycles. The summed E-state index contributed by atoms with van der Waals surface area (Å²) < 4.78 is 4.86. The molecule has 20 heavy (non-hydrogen) atoms. The van der Waals surface area contributed by atoms with Gasteiger partial charge in [0.05, 0.1) is 6.42 Å². The highest BCUT2D eigenvalue weighted by Crippen LogP contribution is 2.06. The summed E-state index contributed by atoms with van der Waals surface area (Å²) in [6.45, 7) is 4.40. The Labute approximate surface area is 115 Å². The number of carboxylic acid groups (broad SMARTS) is 2. The van der Waals surface area contributed by atoms with Gasteiger partial charge in [0.15, 0.2) is 0 Å². The third-order valence-corrected chi connectivity index (χ3v) is 1.80. The number of rotatable bonds is 6. The van der Waals surface area contributed by atoms with Gasteiger partial charge in [0, 0.05) is 0 Å². The molecule has 0 aromatic heterocycles. The number of aliphatic carboxylic acids is 2. The number of alkyl carbamates (subject to hydrolysis) is 1. The summed E-state index contributed by atoms with van der Waals surface area (Å²) in [6.07, 6.45) is -1.59. The number of hydrogen-bond acceptors (Lipinski definition) is 5. The van der Waals surface area contributed by atoms with Crippen molar-refractivity contribution >= 4 is 23.9 Å². The molecule has 0 rings (SSSR count). The van der Waals surface area contributed by atoms with Crippen LogP contribution in [-0.2, 0) is 19.1 Å². The van der Waals surface area contributed by atoms with E-state index in [9.17, 15) is 19.2 Å². The predicted octanol–water partition coefficient (Wildman–Crippen LogP) is -0.445. The van der Waals surface area contributed by atoms with E-state index >= 15 is 0 Å². The molecule has 0 bridgehead atoms. The van der Waals surface area contributed by atoms with Crippen LogP contribution < -0.4 is 10.6 Å². The molecule has 1 atom stereocenters. The second-order valence-electron chi connectivity index (χ2n) is 4.91. The third kappa shape index (κ3) is 8.72. The van der Waals surface area contributed by atoms with Crippen LogP contribution in [0, 0.1) is 0 Å². The maximum atomic E-state index is 11.4. The lowest BCUT2D eigenvalue weighted by molar-refractivity contribution is -0.147. The Bertz CT molecular complexity index is 400. The quantitative estimate of drug-likeness (QED) is 0.519. The summed E-state index contributed by atoms with van der Waals surface area (Å²) in [7, 11) is 0. The number of hydrogen-bond donors (Lipinski definition) is 4. The van der Waals surface area contributed by atoms with Gasteiger partial charge in [-0.15, -0.1) is 0 Å². The van der Waals surface area contributed by atoms with E-state index in [-0.39, 0.29) is 0 Å². The van der Waals surface area contributed by atoms with Gasteiger partial charge in [-0.05, 0) is 20.8 Å². The number of carboxylic acids is 2. The maximum absolute atomic E-state index is 11.4.